The van der Waals surface area contributed by atoms with E-state index in [1.165, 1.54) is 32.4 Å². The van der Waals surface area contributed by atoms with E-state index in [1.54, 1.807) is 0 Å². The van der Waals surface area contributed by atoms with E-state index in [4.69, 9.17) is 0 Å². The Bertz CT molecular complexity index is 403. The van der Waals surface area contributed by atoms with Crippen molar-refractivity contribution >= 4 is 28.5 Å². The van der Waals surface area contributed by atoms with Crippen molar-refractivity contribution in [1.82, 2.24) is 10.2 Å². The summed E-state index contributed by atoms with van der Waals surface area (Å²) in [7, 11) is 0. The highest BCUT2D eigenvalue weighted by atomic mass is 127. The van der Waals surface area contributed by atoms with Crippen LogP contribution in [0.15, 0.2) is 24.3 Å². The highest BCUT2D eigenvalue weighted by Gasteiger charge is 2.10. The summed E-state index contributed by atoms with van der Waals surface area (Å²) in [6, 6.07) is 7.68. The summed E-state index contributed by atoms with van der Waals surface area (Å²) < 4.78 is 1.09. The van der Waals surface area contributed by atoms with Crippen molar-refractivity contribution in [2.75, 3.05) is 26.2 Å². The Morgan fingerprint density at radius 2 is 2.06 bits per heavy atom. The second-order valence-corrected chi connectivity index (χ2v) is 5.91. The fourth-order valence-electron chi connectivity index (χ4n) is 2.24. The van der Waals surface area contributed by atoms with Gasteiger partial charge in [0, 0.05) is 22.2 Å². The van der Waals surface area contributed by atoms with Crippen LogP contribution in [-0.2, 0) is 0 Å². The van der Waals surface area contributed by atoms with Crippen LogP contribution in [-0.4, -0.2) is 37.0 Å². The maximum Gasteiger partial charge on any atom is 0.251 e. The molecule has 0 aromatic heterocycles. The lowest BCUT2D eigenvalue weighted by molar-refractivity contribution is 0.0946. The molecule has 0 atom stereocenters. The van der Waals surface area contributed by atoms with Gasteiger partial charge in [-0.2, -0.15) is 0 Å². The third-order valence-electron chi connectivity index (χ3n) is 3.25. The van der Waals surface area contributed by atoms with Crippen molar-refractivity contribution in [2.45, 2.75) is 19.3 Å². The van der Waals surface area contributed by atoms with Gasteiger partial charge in [-0.05, 0) is 66.7 Å². The molecule has 3 nitrogen and oxygen atoms in total. The summed E-state index contributed by atoms with van der Waals surface area (Å²) in [5.41, 5.74) is 0.751. The fraction of sp³-hybridized carbons (Fsp3) is 0.500. The summed E-state index contributed by atoms with van der Waals surface area (Å²) in [5.74, 6) is 0.0329. The van der Waals surface area contributed by atoms with Crippen LogP contribution in [0.25, 0.3) is 0 Å². The van der Waals surface area contributed by atoms with Crippen LogP contribution in [0.5, 0.6) is 0 Å². The Morgan fingerprint density at radius 1 is 1.28 bits per heavy atom. The number of likely N-dealkylation sites (tertiary alicyclic amines) is 1. The van der Waals surface area contributed by atoms with E-state index < -0.39 is 0 Å². The number of carbonyl (C=O) groups is 1. The summed E-state index contributed by atoms with van der Waals surface area (Å²) >= 11 is 2.22. The molecule has 0 bridgehead atoms. The van der Waals surface area contributed by atoms with Crippen LogP contribution in [0.3, 0.4) is 0 Å². The lowest BCUT2D eigenvalue weighted by Crippen LogP contribution is -2.37. The molecular weight excluding hydrogens is 339 g/mol. The number of nitrogens with zero attached hydrogens (tertiary/aromatic N) is 1. The third-order valence-corrected chi connectivity index (χ3v) is 3.92. The molecule has 0 aliphatic carbocycles. The Balaban J connectivity index is 1.74. The molecule has 1 aromatic carbocycles. The molecule has 98 valence electrons. The van der Waals surface area contributed by atoms with Gasteiger partial charge in [0.25, 0.3) is 5.91 Å². The molecule has 4 heteroatoms. The van der Waals surface area contributed by atoms with Crippen molar-refractivity contribution in [3.8, 4) is 0 Å². The molecule has 2 rings (SSSR count). The topological polar surface area (TPSA) is 32.3 Å². The van der Waals surface area contributed by atoms with Crippen molar-refractivity contribution in [3.05, 3.63) is 33.4 Å². The van der Waals surface area contributed by atoms with Crippen molar-refractivity contribution < 1.29 is 4.79 Å². The summed E-state index contributed by atoms with van der Waals surface area (Å²) in [6.45, 7) is 4.07. The average molecular weight is 358 g/mol. The lowest BCUT2D eigenvalue weighted by atomic mass is 10.1. The van der Waals surface area contributed by atoms with Gasteiger partial charge in [-0.15, -0.1) is 0 Å². The molecule has 1 fully saturated rings. The van der Waals surface area contributed by atoms with Gasteiger partial charge in [-0.25, -0.2) is 0 Å². The zero-order valence-electron chi connectivity index (χ0n) is 10.5. The number of hydrogen-bond acceptors (Lipinski definition) is 2. The van der Waals surface area contributed by atoms with E-state index in [0.717, 1.165) is 22.2 Å². The molecule has 18 heavy (non-hydrogen) atoms. The monoisotopic (exact) mass is 358 g/mol. The van der Waals surface area contributed by atoms with Gasteiger partial charge in [-0.1, -0.05) is 12.5 Å². The molecule has 0 saturated carbocycles. The van der Waals surface area contributed by atoms with E-state index in [-0.39, 0.29) is 5.91 Å². The average Bonchev–Trinajstić information content (AvgIpc) is 2.40. The van der Waals surface area contributed by atoms with Crippen LogP contribution in [0.4, 0.5) is 0 Å². The van der Waals surface area contributed by atoms with E-state index in [0.29, 0.717) is 0 Å². The second-order valence-electron chi connectivity index (χ2n) is 4.67. The number of benzene rings is 1. The van der Waals surface area contributed by atoms with Gasteiger partial charge < -0.3 is 10.2 Å². The van der Waals surface area contributed by atoms with Gasteiger partial charge in [0.2, 0.25) is 0 Å². The highest BCUT2D eigenvalue weighted by molar-refractivity contribution is 14.1. The summed E-state index contributed by atoms with van der Waals surface area (Å²) in [6.07, 6.45) is 3.95. The number of piperidine rings is 1. The van der Waals surface area contributed by atoms with Gasteiger partial charge in [-0.3, -0.25) is 4.79 Å². The Morgan fingerprint density at radius 3 is 2.78 bits per heavy atom. The first-order valence-corrected chi connectivity index (χ1v) is 7.60. The minimum atomic E-state index is 0.0329. The van der Waals surface area contributed by atoms with E-state index in [2.05, 4.69) is 32.8 Å². The van der Waals surface area contributed by atoms with Crippen LogP contribution in [0.1, 0.15) is 29.6 Å². The van der Waals surface area contributed by atoms with Crippen LogP contribution in [0, 0.1) is 3.57 Å². The first-order chi connectivity index (χ1) is 8.75. The van der Waals surface area contributed by atoms with E-state index >= 15 is 0 Å². The zero-order valence-corrected chi connectivity index (χ0v) is 12.7. The largest absolute Gasteiger partial charge is 0.351 e. The maximum atomic E-state index is 11.9. The quantitative estimate of drug-likeness (QED) is 0.839. The molecule has 1 aromatic rings. The molecule has 1 saturated heterocycles. The lowest BCUT2D eigenvalue weighted by Gasteiger charge is -2.26. The molecule has 0 radical (unpaired) electrons. The fourth-order valence-corrected chi connectivity index (χ4v) is 2.79. The highest BCUT2D eigenvalue weighted by Crippen LogP contribution is 2.08. The van der Waals surface area contributed by atoms with Crippen molar-refractivity contribution in [2.24, 2.45) is 0 Å². The van der Waals surface area contributed by atoms with E-state index in [1.807, 2.05) is 24.3 Å². The standard InChI is InChI=1S/C14H19IN2O/c15-13-6-4-5-12(11-13)14(18)16-7-10-17-8-2-1-3-9-17/h4-6,11H,1-3,7-10H2,(H,16,18). The molecule has 0 spiro atoms. The molecule has 1 amide bonds. The first-order valence-electron chi connectivity index (χ1n) is 6.52. The smallest absolute Gasteiger partial charge is 0.251 e. The number of amides is 1. The Labute approximate surface area is 122 Å². The second kappa shape index (κ2) is 7.09. The summed E-state index contributed by atoms with van der Waals surface area (Å²) in [5, 5.41) is 2.99. The molecule has 1 aliphatic rings. The number of carbonyl (C=O) groups excluding carboxylic acids is 1. The summed E-state index contributed by atoms with van der Waals surface area (Å²) in [4.78, 5) is 14.3. The van der Waals surface area contributed by atoms with Crippen LogP contribution >= 0.6 is 22.6 Å². The van der Waals surface area contributed by atoms with Gasteiger partial charge in [0.15, 0.2) is 0 Å². The van der Waals surface area contributed by atoms with E-state index in [9.17, 15) is 4.79 Å². The normalized spacial score (nSPS) is 16.5. The van der Waals surface area contributed by atoms with Crippen molar-refractivity contribution in [3.63, 3.8) is 0 Å². The molecule has 1 heterocycles. The predicted octanol–water partition coefficient (Wildman–Crippen LogP) is 2.51. The number of rotatable bonds is 4. The van der Waals surface area contributed by atoms with Gasteiger partial charge in [0.05, 0.1) is 0 Å². The predicted molar refractivity (Wildman–Crippen MR) is 81.8 cm³/mol. The molecule has 0 unspecified atom stereocenters. The van der Waals surface area contributed by atoms with Gasteiger partial charge in [0.1, 0.15) is 0 Å². The molecule has 1 aliphatic heterocycles. The van der Waals surface area contributed by atoms with Crippen LogP contribution < -0.4 is 5.32 Å². The minimum Gasteiger partial charge on any atom is -0.351 e. The number of hydrogen-bond donors (Lipinski definition) is 1. The van der Waals surface area contributed by atoms with Crippen molar-refractivity contribution in [1.29, 1.82) is 0 Å². The number of nitrogens with one attached hydrogen (secondary N) is 1. The minimum absolute atomic E-state index is 0.0329. The molecule has 1 N–H and O–H groups in total. The number of halogens is 1. The van der Waals surface area contributed by atoms with Gasteiger partial charge >= 0.3 is 0 Å². The Hall–Kier alpha value is -0.620. The van der Waals surface area contributed by atoms with Crippen LogP contribution in [0.2, 0.25) is 0 Å². The Kier molecular flexibility index (Phi) is 5.44. The third kappa shape index (κ3) is 4.24. The maximum absolute atomic E-state index is 11.9. The molecular formula is C14H19IN2O. The zero-order chi connectivity index (χ0) is 12.8. The SMILES string of the molecule is O=C(NCCN1CCCCC1)c1cccc(I)c1. The first kappa shape index (κ1) is 13.8.